The van der Waals surface area contributed by atoms with Crippen molar-refractivity contribution in [2.24, 2.45) is 0 Å². The lowest BCUT2D eigenvalue weighted by Crippen LogP contribution is -1.94. The summed E-state index contributed by atoms with van der Waals surface area (Å²) in [6.45, 7) is 4.15. The van der Waals surface area contributed by atoms with Crippen LogP contribution in [0.5, 0.6) is 0 Å². The van der Waals surface area contributed by atoms with Gasteiger partial charge in [-0.15, -0.1) is 21.5 Å². The first-order chi connectivity index (χ1) is 9.25. The Balaban J connectivity index is 2.24. The van der Waals surface area contributed by atoms with E-state index in [1.807, 2.05) is 6.07 Å². The molecule has 0 aliphatic rings. The fourth-order valence-electron chi connectivity index (χ4n) is 2.28. The number of tetrazole rings is 2. The van der Waals surface area contributed by atoms with E-state index in [0.717, 1.165) is 16.5 Å². The molecule has 94 valence electrons. The molecule has 0 bridgehead atoms. The molecule has 0 spiro atoms. The van der Waals surface area contributed by atoms with Crippen molar-refractivity contribution >= 4 is 27.9 Å². The Morgan fingerprint density at radius 3 is 2.84 bits per heavy atom. The minimum atomic E-state index is 0.560. The van der Waals surface area contributed by atoms with Gasteiger partial charge in [0.2, 0.25) is 0 Å². The van der Waals surface area contributed by atoms with Crippen LogP contribution in [0.25, 0.3) is 27.9 Å². The highest BCUT2D eigenvalue weighted by Crippen LogP contribution is 2.33. The van der Waals surface area contributed by atoms with Gasteiger partial charge in [-0.25, -0.2) is 5.10 Å². The summed E-state index contributed by atoms with van der Waals surface area (Å²) in [6, 6.07) is 2.03. The molecule has 19 heavy (non-hydrogen) atoms. The normalized spacial score (nSPS) is 11.7. The Morgan fingerprint density at radius 2 is 2.05 bits per heavy atom. The monoisotopic (exact) mass is 272 g/mol. The molecule has 1 N–H and O–H groups in total. The number of thiophene rings is 1. The molecule has 4 heterocycles. The number of aromatic nitrogens is 8. The van der Waals surface area contributed by atoms with Crippen molar-refractivity contribution in [3.63, 3.8) is 0 Å². The molecule has 0 saturated carbocycles. The first-order valence-electron chi connectivity index (χ1n) is 5.60. The van der Waals surface area contributed by atoms with Gasteiger partial charge in [0.1, 0.15) is 0 Å². The van der Waals surface area contributed by atoms with Crippen LogP contribution in [-0.4, -0.2) is 40.7 Å². The summed E-state index contributed by atoms with van der Waals surface area (Å²) in [4.78, 5) is 2.41. The summed E-state index contributed by atoms with van der Waals surface area (Å²) in [7, 11) is 0. The van der Waals surface area contributed by atoms with Crippen molar-refractivity contribution in [2.75, 3.05) is 0 Å². The Morgan fingerprint density at radius 1 is 1.16 bits per heavy atom. The van der Waals surface area contributed by atoms with Crippen LogP contribution in [0.15, 0.2) is 6.07 Å². The van der Waals surface area contributed by atoms with Gasteiger partial charge >= 0.3 is 0 Å². The Labute approximate surface area is 110 Å². The summed E-state index contributed by atoms with van der Waals surface area (Å²) < 4.78 is 1.74. The molecule has 0 radical (unpaired) electrons. The minimum Gasteiger partial charge on any atom is -0.239 e. The number of H-pyrrole nitrogens is 1. The number of fused-ring (bicyclic) bond motifs is 3. The quantitative estimate of drug-likeness (QED) is 0.558. The number of aryl methyl sites for hydroxylation is 2. The number of hydrogen-bond donors (Lipinski definition) is 1. The Hall–Kier alpha value is -2.42. The zero-order valence-corrected chi connectivity index (χ0v) is 10.9. The molecule has 0 atom stereocenters. The smallest absolute Gasteiger partial charge is 0.191 e. The second-order valence-corrected chi connectivity index (χ2v) is 5.63. The van der Waals surface area contributed by atoms with E-state index in [1.165, 1.54) is 9.75 Å². The molecule has 0 amide bonds. The van der Waals surface area contributed by atoms with Gasteiger partial charge in [0.15, 0.2) is 11.5 Å². The van der Waals surface area contributed by atoms with Gasteiger partial charge in [0.25, 0.3) is 0 Å². The third-order valence-electron chi connectivity index (χ3n) is 3.09. The van der Waals surface area contributed by atoms with E-state index in [-0.39, 0.29) is 0 Å². The first-order valence-corrected chi connectivity index (χ1v) is 6.42. The van der Waals surface area contributed by atoms with Crippen molar-refractivity contribution in [1.29, 1.82) is 0 Å². The molecule has 0 aromatic carbocycles. The molecule has 9 heteroatoms. The van der Waals surface area contributed by atoms with Crippen LogP contribution < -0.4 is 0 Å². The van der Waals surface area contributed by atoms with Crippen molar-refractivity contribution in [2.45, 2.75) is 13.8 Å². The summed E-state index contributed by atoms with van der Waals surface area (Å²) >= 11 is 1.73. The number of rotatable bonds is 1. The van der Waals surface area contributed by atoms with Gasteiger partial charge in [0, 0.05) is 15.1 Å². The van der Waals surface area contributed by atoms with Gasteiger partial charge in [-0.3, -0.25) is 0 Å². The molecular formula is C10H8N8S. The highest BCUT2D eigenvalue weighted by Gasteiger charge is 2.17. The summed E-state index contributed by atoms with van der Waals surface area (Å²) in [5.74, 6) is 0.560. The predicted molar refractivity (Wildman–Crippen MR) is 68.8 cm³/mol. The minimum absolute atomic E-state index is 0.560. The SMILES string of the molecule is Cc1sc(C)c2c1cc(-c1nnn[nH]1)c1nnnn12. The van der Waals surface area contributed by atoms with Gasteiger partial charge in [-0.2, -0.15) is 4.52 Å². The molecular weight excluding hydrogens is 264 g/mol. The standard InChI is InChI=1S/C10H8N8S/c1-4-6-3-7(9-11-14-15-12-9)10-13-16-17-18(10)8(6)5(2)19-4/h3H,1-2H3,(H,11,12,14,15). The third kappa shape index (κ3) is 1.32. The van der Waals surface area contributed by atoms with E-state index in [0.29, 0.717) is 11.5 Å². The van der Waals surface area contributed by atoms with E-state index in [4.69, 9.17) is 0 Å². The van der Waals surface area contributed by atoms with Crippen molar-refractivity contribution in [3.05, 3.63) is 15.8 Å². The fourth-order valence-corrected chi connectivity index (χ4v) is 3.30. The number of pyridine rings is 1. The summed E-state index contributed by atoms with van der Waals surface area (Å²) in [5.41, 5.74) is 2.48. The molecule has 4 aromatic heterocycles. The molecule has 0 fully saturated rings. The van der Waals surface area contributed by atoms with Gasteiger partial charge in [0.05, 0.1) is 11.1 Å². The van der Waals surface area contributed by atoms with Crippen LogP contribution in [0, 0.1) is 13.8 Å². The number of aromatic amines is 1. The van der Waals surface area contributed by atoms with Crippen molar-refractivity contribution in [1.82, 2.24) is 40.7 Å². The average Bonchev–Trinajstić information content (AvgIpc) is 3.09. The van der Waals surface area contributed by atoms with Crippen LogP contribution >= 0.6 is 11.3 Å². The molecule has 4 aromatic rings. The van der Waals surface area contributed by atoms with Gasteiger partial charge < -0.3 is 0 Å². The lowest BCUT2D eigenvalue weighted by atomic mass is 10.1. The van der Waals surface area contributed by atoms with E-state index < -0.39 is 0 Å². The lowest BCUT2D eigenvalue weighted by molar-refractivity contribution is 0.841. The van der Waals surface area contributed by atoms with Crippen LogP contribution in [0.4, 0.5) is 0 Å². The third-order valence-corrected chi connectivity index (χ3v) is 4.11. The summed E-state index contributed by atoms with van der Waals surface area (Å²) in [5, 5.41) is 26.9. The lowest BCUT2D eigenvalue weighted by Gasteiger charge is -2.01. The van der Waals surface area contributed by atoms with Crippen LogP contribution in [-0.2, 0) is 0 Å². The van der Waals surface area contributed by atoms with Gasteiger partial charge in [-0.1, -0.05) is 0 Å². The number of nitrogens with zero attached hydrogens (tertiary/aromatic N) is 7. The van der Waals surface area contributed by atoms with Gasteiger partial charge in [-0.05, 0) is 40.8 Å². The van der Waals surface area contributed by atoms with Crippen molar-refractivity contribution in [3.8, 4) is 11.4 Å². The van der Waals surface area contributed by atoms with E-state index in [2.05, 4.69) is 50.0 Å². The van der Waals surface area contributed by atoms with Crippen LogP contribution in [0.2, 0.25) is 0 Å². The fraction of sp³-hybridized carbons (Fsp3) is 0.200. The number of nitrogens with one attached hydrogen (secondary N) is 1. The first kappa shape index (κ1) is 10.5. The molecule has 0 saturated heterocycles. The second kappa shape index (κ2) is 3.54. The molecule has 0 aliphatic heterocycles. The van der Waals surface area contributed by atoms with E-state index in [1.54, 1.807) is 15.9 Å². The maximum atomic E-state index is 4.07. The molecule has 0 unspecified atom stereocenters. The second-order valence-electron chi connectivity index (χ2n) is 4.20. The number of hydrogen-bond acceptors (Lipinski definition) is 7. The zero-order chi connectivity index (χ0) is 13.0. The molecule has 4 rings (SSSR count). The largest absolute Gasteiger partial charge is 0.239 e. The highest BCUT2D eigenvalue weighted by molar-refractivity contribution is 7.13. The Kier molecular flexibility index (Phi) is 1.96. The topological polar surface area (TPSA) is 97.5 Å². The Bertz CT molecular complexity index is 887. The van der Waals surface area contributed by atoms with E-state index in [9.17, 15) is 0 Å². The predicted octanol–water partition coefficient (Wildman–Crippen LogP) is 1.14. The van der Waals surface area contributed by atoms with Crippen LogP contribution in [0.3, 0.4) is 0 Å². The maximum Gasteiger partial charge on any atom is 0.191 e. The zero-order valence-electron chi connectivity index (χ0n) is 10.1. The molecule has 8 nitrogen and oxygen atoms in total. The van der Waals surface area contributed by atoms with Crippen LogP contribution in [0.1, 0.15) is 9.75 Å². The van der Waals surface area contributed by atoms with E-state index >= 15 is 0 Å². The molecule has 0 aliphatic carbocycles. The maximum absolute atomic E-state index is 4.07. The van der Waals surface area contributed by atoms with Crippen molar-refractivity contribution < 1.29 is 0 Å². The summed E-state index contributed by atoms with van der Waals surface area (Å²) in [6.07, 6.45) is 0. The average molecular weight is 272 g/mol. The highest BCUT2D eigenvalue weighted by atomic mass is 32.1.